The van der Waals surface area contributed by atoms with Crippen LogP contribution in [0.4, 0.5) is 5.69 Å². The van der Waals surface area contributed by atoms with Gasteiger partial charge in [0.2, 0.25) is 5.91 Å². The Balaban J connectivity index is 1.71. The molecule has 4 nitrogen and oxygen atoms in total. The Morgan fingerprint density at radius 2 is 2.14 bits per heavy atom. The van der Waals surface area contributed by atoms with E-state index < -0.39 is 0 Å². The van der Waals surface area contributed by atoms with Gasteiger partial charge in [0.25, 0.3) is 0 Å². The van der Waals surface area contributed by atoms with Gasteiger partial charge in [0.15, 0.2) is 5.75 Å². The van der Waals surface area contributed by atoms with Gasteiger partial charge in [-0.25, -0.2) is 0 Å². The summed E-state index contributed by atoms with van der Waals surface area (Å²) in [7, 11) is 0. The highest BCUT2D eigenvalue weighted by atomic mass is 35.5. The molecule has 1 atom stereocenters. The van der Waals surface area contributed by atoms with E-state index in [0.717, 1.165) is 32.4 Å². The number of halogens is 1. The van der Waals surface area contributed by atoms with E-state index in [1.807, 2.05) is 26.0 Å². The Labute approximate surface area is 136 Å². The van der Waals surface area contributed by atoms with E-state index in [0.29, 0.717) is 16.5 Å². The molecule has 1 amide bonds. The average molecular weight is 323 g/mol. The van der Waals surface area contributed by atoms with Gasteiger partial charge in [-0.1, -0.05) is 17.7 Å². The molecular formula is C17H23ClN2O2. The first kappa shape index (κ1) is 15.6. The summed E-state index contributed by atoms with van der Waals surface area (Å²) in [5.41, 5.74) is 0.898. The third-order valence-electron chi connectivity index (χ3n) is 4.68. The number of hydrogen-bond donors (Lipinski definition) is 2. The third kappa shape index (κ3) is 3.08. The van der Waals surface area contributed by atoms with Crippen LogP contribution in [-0.4, -0.2) is 25.1 Å². The SMILES string of the molecule is CC(C)Oc1c(Cl)cccc1NC(=O)C1CC12CCNCC2. The second-order valence-electron chi connectivity index (χ2n) is 6.64. The molecule has 1 saturated carbocycles. The van der Waals surface area contributed by atoms with Gasteiger partial charge in [-0.2, -0.15) is 0 Å². The molecule has 1 unspecified atom stereocenters. The zero-order valence-corrected chi connectivity index (χ0v) is 13.9. The first-order chi connectivity index (χ1) is 10.5. The summed E-state index contributed by atoms with van der Waals surface area (Å²) in [6, 6.07) is 5.46. The monoisotopic (exact) mass is 322 g/mol. The lowest BCUT2D eigenvalue weighted by Crippen LogP contribution is -2.31. The van der Waals surface area contributed by atoms with Crippen LogP contribution in [0.2, 0.25) is 5.02 Å². The molecule has 120 valence electrons. The van der Waals surface area contributed by atoms with Crippen LogP contribution in [0, 0.1) is 11.3 Å². The van der Waals surface area contributed by atoms with Crippen molar-refractivity contribution in [3.05, 3.63) is 23.2 Å². The minimum absolute atomic E-state index is 0.00670. The van der Waals surface area contributed by atoms with Crippen molar-refractivity contribution in [3.8, 4) is 5.75 Å². The van der Waals surface area contributed by atoms with Gasteiger partial charge in [-0.05, 0) is 63.7 Å². The van der Waals surface area contributed by atoms with E-state index in [1.54, 1.807) is 6.07 Å². The number of para-hydroxylation sites is 1. The second kappa shape index (κ2) is 6.09. The van der Waals surface area contributed by atoms with Crippen LogP contribution in [0.1, 0.15) is 33.1 Å². The number of piperidine rings is 1. The van der Waals surface area contributed by atoms with Crippen LogP contribution in [0.5, 0.6) is 5.75 Å². The van der Waals surface area contributed by atoms with Gasteiger partial charge in [-0.3, -0.25) is 4.79 Å². The molecule has 22 heavy (non-hydrogen) atoms. The zero-order valence-electron chi connectivity index (χ0n) is 13.1. The molecular weight excluding hydrogens is 300 g/mol. The van der Waals surface area contributed by atoms with Crippen molar-refractivity contribution in [3.63, 3.8) is 0 Å². The molecule has 0 radical (unpaired) electrons. The van der Waals surface area contributed by atoms with Crippen LogP contribution >= 0.6 is 11.6 Å². The smallest absolute Gasteiger partial charge is 0.228 e. The highest BCUT2D eigenvalue weighted by Gasteiger charge is 2.57. The fourth-order valence-electron chi connectivity index (χ4n) is 3.38. The minimum Gasteiger partial charge on any atom is -0.487 e. The summed E-state index contributed by atoms with van der Waals surface area (Å²) < 4.78 is 5.76. The molecule has 1 aromatic rings. The molecule has 1 heterocycles. The van der Waals surface area contributed by atoms with Crippen LogP contribution < -0.4 is 15.4 Å². The van der Waals surface area contributed by atoms with E-state index in [9.17, 15) is 4.79 Å². The van der Waals surface area contributed by atoms with E-state index in [2.05, 4.69) is 10.6 Å². The summed E-state index contributed by atoms with van der Waals surface area (Å²) in [6.07, 6.45) is 3.19. The van der Waals surface area contributed by atoms with Crippen molar-refractivity contribution in [2.24, 2.45) is 11.3 Å². The van der Waals surface area contributed by atoms with Crippen LogP contribution in [0.15, 0.2) is 18.2 Å². The van der Waals surface area contributed by atoms with Gasteiger partial charge < -0.3 is 15.4 Å². The predicted octanol–water partition coefficient (Wildman–Crippen LogP) is 3.46. The fraction of sp³-hybridized carbons (Fsp3) is 0.588. The van der Waals surface area contributed by atoms with Crippen LogP contribution in [-0.2, 0) is 4.79 Å². The van der Waals surface area contributed by atoms with E-state index >= 15 is 0 Å². The molecule has 2 aliphatic rings. The highest BCUT2D eigenvalue weighted by Crippen LogP contribution is 2.59. The number of benzene rings is 1. The van der Waals surface area contributed by atoms with E-state index in [1.165, 1.54) is 0 Å². The van der Waals surface area contributed by atoms with Gasteiger partial charge in [-0.15, -0.1) is 0 Å². The van der Waals surface area contributed by atoms with Crippen molar-refractivity contribution in [2.75, 3.05) is 18.4 Å². The minimum atomic E-state index is 0.00670. The summed E-state index contributed by atoms with van der Waals surface area (Å²) in [5, 5.41) is 6.91. The second-order valence-corrected chi connectivity index (χ2v) is 7.05. The van der Waals surface area contributed by atoms with Crippen molar-refractivity contribution in [1.29, 1.82) is 0 Å². The Morgan fingerprint density at radius 1 is 1.41 bits per heavy atom. The molecule has 1 aliphatic carbocycles. The molecule has 2 N–H and O–H groups in total. The van der Waals surface area contributed by atoms with Crippen molar-refractivity contribution in [2.45, 2.75) is 39.2 Å². The lowest BCUT2D eigenvalue weighted by atomic mass is 9.92. The number of anilines is 1. The topological polar surface area (TPSA) is 50.4 Å². The Kier molecular flexibility index (Phi) is 4.33. The lowest BCUT2D eigenvalue weighted by Gasteiger charge is -2.23. The number of rotatable bonds is 4. The molecule has 1 spiro atoms. The molecule has 1 aliphatic heterocycles. The van der Waals surface area contributed by atoms with Crippen molar-refractivity contribution >= 4 is 23.2 Å². The van der Waals surface area contributed by atoms with Crippen LogP contribution in [0.3, 0.4) is 0 Å². The highest BCUT2D eigenvalue weighted by molar-refractivity contribution is 6.32. The van der Waals surface area contributed by atoms with Crippen LogP contribution in [0.25, 0.3) is 0 Å². The molecule has 0 bridgehead atoms. The summed E-state index contributed by atoms with van der Waals surface area (Å²) in [5.74, 6) is 0.783. The van der Waals surface area contributed by atoms with Gasteiger partial charge in [0, 0.05) is 5.92 Å². The van der Waals surface area contributed by atoms with Crippen molar-refractivity contribution < 1.29 is 9.53 Å². The summed E-state index contributed by atoms with van der Waals surface area (Å²) >= 11 is 6.21. The lowest BCUT2D eigenvalue weighted by molar-refractivity contribution is -0.118. The predicted molar refractivity (Wildman–Crippen MR) is 88.5 cm³/mol. The zero-order chi connectivity index (χ0) is 15.7. The number of carbonyl (C=O) groups excluding carboxylic acids is 1. The van der Waals surface area contributed by atoms with E-state index in [4.69, 9.17) is 16.3 Å². The quantitative estimate of drug-likeness (QED) is 0.892. The standard InChI is InChI=1S/C17H23ClN2O2/c1-11(2)22-15-13(18)4-3-5-14(15)20-16(21)12-10-17(12)6-8-19-9-7-17/h3-5,11-12,19H,6-10H2,1-2H3,(H,20,21). The van der Waals surface area contributed by atoms with Gasteiger partial charge in [0.1, 0.15) is 0 Å². The summed E-state index contributed by atoms with van der Waals surface area (Å²) in [4.78, 5) is 12.6. The molecule has 1 saturated heterocycles. The molecule has 2 fully saturated rings. The van der Waals surface area contributed by atoms with Crippen molar-refractivity contribution in [1.82, 2.24) is 5.32 Å². The molecule has 3 rings (SSSR count). The number of hydrogen-bond acceptors (Lipinski definition) is 3. The first-order valence-electron chi connectivity index (χ1n) is 7.99. The number of nitrogens with one attached hydrogen (secondary N) is 2. The first-order valence-corrected chi connectivity index (χ1v) is 8.36. The third-order valence-corrected chi connectivity index (χ3v) is 4.98. The fourth-order valence-corrected chi connectivity index (χ4v) is 3.60. The number of ether oxygens (including phenoxy) is 1. The molecule has 5 heteroatoms. The average Bonchev–Trinajstić information content (AvgIpc) is 3.16. The Morgan fingerprint density at radius 3 is 2.82 bits per heavy atom. The maximum atomic E-state index is 12.6. The van der Waals surface area contributed by atoms with Gasteiger partial charge >= 0.3 is 0 Å². The Hall–Kier alpha value is -1.26. The number of carbonyl (C=O) groups is 1. The maximum absolute atomic E-state index is 12.6. The largest absolute Gasteiger partial charge is 0.487 e. The van der Waals surface area contributed by atoms with E-state index in [-0.39, 0.29) is 23.3 Å². The maximum Gasteiger partial charge on any atom is 0.228 e. The normalized spacial score (nSPS) is 22.6. The molecule has 0 aromatic heterocycles. The molecule has 1 aromatic carbocycles. The Bertz CT molecular complexity index is 568. The summed E-state index contributed by atoms with van der Waals surface area (Å²) in [6.45, 7) is 5.92. The van der Waals surface area contributed by atoms with Gasteiger partial charge in [0.05, 0.1) is 16.8 Å². The number of amides is 1.